The first kappa shape index (κ1) is 10.6. The second kappa shape index (κ2) is 3.29. The second-order valence-electron chi connectivity index (χ2n) is 6.41. The highest BCUT2D eigenvalue weighted by atomic mass is 28.4. The zero-order valence-electron chi connectivity index (χ0n) is 10.1. The van der Waals surface area contributed by atoms with Crippen LogP contribution in [0, 0.1) is 12.0 Å². The van der Waals surface area contributed by atoms with E-state index in [1.165, 1.54) is 31.4 Å². The SMILES string of the molecule is C[Si]1(C)CCC[Si](C)(C)C1=[C+]C1CC1. The van der Waals surface area contributed by atoms with Gasteiger partial charge in [-0.15, -0.1) is 0 Å². The summed E-state index contributed by atoms with van der Waals surface area (Å²) in [5.74, 6) is 0.877. The van der Waals surface area contributed by atoms with Crippen molar-refractivity contribution in [2.24, 2.45) is 5.92 Å². The molecule has 0 aromatic rings. The molecule has 1 saturated heterocycles. The van der Waals surface area contributed by atoms with Gasteiger partial charge in [-0.2, -0.15) is 0 Å². The summed E-state index contributed by atoms with van der Waals surface area (Å²) in [6.45, 7) is 10.3. The van der Waals surface area contributed by atoms with Crippen LogP contribution in [-0.4, -0.2) is 16.1 Å². The first-order chi connectivity index (χ1) is 6.42. The zero-order chi connectivity index (χ0) is 10.4. The minimum absolute atomic E-state index is 0.877. The highest BCUT2D eigenvalue weighted by Crippen LogP contribution is 2.42. The van der Waals surface area contributed by atoms with Gasteiger partial charge >= 0.3 is 0 Å². The van der Waals surface area contributed by atoms with Gasteiger partial charge in [-0.1, -0.05) is 44.7 Å². The monoisotopic (exact) mass is 223 g/mol. The van der Waals surface area contributed by atoms with Crippen molar-refractivity contribution >= 4 is 16.1 Å². The van der Waals surface area contributed by atoms with Crippen molar-refractivity contribution in [3.05, 3.63) is 10.9 Å². The molecule has 1 aliphatic carbocycles. The number of rotatable bonds is 1. The molecule has 78 valence electrons. The predicted octanol–water partition coefficient (Wildman–Crippen LogP) is 4.02. The van der Waals surface area contributed by atoms with Gasteiger partial charge in [0.1, 0.15) is 21.0 Å². The third-order valence-corrected chi connectivity index (χ3v) is 14.1. The van der Waals surface area contributed by atoms with Crippen LogP contribution in [0.2, 0.25) is 38.3 Å². The van der Waals surface area contributed by atoms with E-state index in [2.05, 4.69) is 32.3 Å². The summed E-state index contributed by atoms with van der Waals surface area (Å²) in [7, 11) is -2.02. The van der Waals surface area contributed by atoms with Crippen LogP contribution in [0.25, 0.3) is 0 Å². The van der Waals surface area contributed by atoms with Crippen LogP contribution in [0.5, 0.6) is 0 Å². The maximum atomic E-state index is 3.91. The van der Waals surface area contributed by atoms with Gasteiger partial charge < -0.3 is 0 Å². The van der Waals surface area contributed by atoms with Gasteiger partial charge in [-0.05, 0) is 0 Å². The quantitative estimate of drug-likeness (QED) is 0.465. The molecule has 0 atom stereocenters. The Morgan fingerprint density at radius 1 is 1.00 bits per heavy atom. The van der Waals surface area contributed by atoms with Gasteiger partial charge in [-0.25, -0.2) is 0 Å². The van der Waals surface area contributed by atoms with Gasteiger partial charge in [0.05, 0.1) is 0 Å². The predicted molar refractivity (Wildman–Crippen MR) is 68.7 cm³/mol. The minimum atomic E-state index is -1.01. The van der Waals surface area contributed by atoms with Crippen molar-refractivity contribution in [2.75, 3.05) is 0 Å². The van der Waals surface area contributed by atoms with Crippen molar-refractivity contribution in [1.82, 2.24) is 0 Å². The molecule has 0 unspecified atom stereocenters. The first-order valence-electron chi connectivity index (χ1n) is 6.06. The van der Waals surface area contributed by atoms with Crippen molar-refractivity contribution in [3.63, 3.8) is 0 Å². The average molecular weight is 223 g/mol. The van der Waals surface area contributed by atoms with Crippen LogP contribution in [0.4, 0.5) is 0 Å². The van der Waals surface area contributed by atoms with E-state index in [1.807, 2.05) is 4.82 Å². The Morgan fingerprint density at radius 3 is 1.93 bits per heavy atom. The van der Waals surface area contributed by atoms with E-state index in [9.17, 15) is 0 Å². The van der Waals surface area contributed by atoms with Crippen LogP contribution >= 0.6 is 0 Å². The molecule has 2 heteroatoms. The fraction of sp³-hybridized carbons (Fsp3) is 0.833. The van der Waals surface area contributed by atoms with Crippen molar-refractivity contribution < 1.29 is 0 Å². The molecule has 2 fully saturated rings. The molecule has 0 aromatic heterocycles. The zero-order valence-corrected chi connectivity index (χ0v) is 12.1. The molecular weight excluding hydrogens is 200 g/mol. The summed E-state index contributed by atoms with van der Waals surface area (Å²) in [4.78, 5) is 1.90. The van der Waals surface area contributed by atoms with Crippen LogP contribution in [0.1, 0.15) is 19.3 Å². The van der Waals surface area contributed by atoms with E-state index in [0.717, 1.165) is 5.92 Å². The average Bonchev–Trinajstić information content (AvgIpc) is 2.79. The lowest BCUT2D eigenvalue weighted by atomic mass is 10.4. The summed E-state index contributed by atoms with van der Waals surface area (Å²) in [5.41, 5.74) is 0. The summed E-state index contributed by atoms with van der Waals surface area (Å²) in [5, 5.41) is 0. The molecule has 1 aliphatic heterocycles. The first-order valence-corrected chi connectivity index (χ1v) is 12.5. The fourth-order valence-electron chi connectivity index (χ4n) is 2.96. The molecule has 0 spiro atoms. The Kier molecular flexibility index (Phi) is 2.49. The molecule has 1 saturated carbocycles. The summed E-state index contributed by atoms with van der Waals surface area (Å²) >= 11 is 0. The van der Waals surface area contributed by atoms with Gasteiger partial charge in [0.25, 0.3) is 0 Å². The van der Waals surface area contributed by atoms with Crippen LogP contribution in [0.15, 0.2) is 4.82 Å². The molecule has 0 amide bonds. The molecule has 1 heterocycles. The highest BCUT2D eigenvalue weighted by Gasteiger charge is 2.50. The van der Waals surface area contributed by atoms with E-state index in [4.69, 9.17) is 0 Å². The standard InChI is InChI=1S/C12H23Si2/c1-13(2)8-5-9-14(3,4)12(13)10-11-6-7-11/h11H,5-9H2,1-4H3/q+1. The lowest BCUT2D eigenvalue weighted by Crippen LogP contribution is -2.48. The lowest BCUT2D eigenvalue weighted by molar-refractivity contribution is 0.983. The number of hydrogen-bond acceptors (Lipinski definition) is 0. The molecule has 0 nitrogen and oxygen atoms in total. The van der Waals surface area contributed by atoms with E-state index in [-0.39, 0.29) is 0 Å². The maximum Gasteiger partial charge on any atom is 0.213 e. The third-order valence-electron chi connectivity index (χ3n) is 3.88. The molecular formula is C12H23Si2+. The molecule has 2 aliphatic rings. The largest absolute Gasteiger partial charge is 0.213 e. The molecule has 14 heavy (non-hydrogen) atoms. The van der Waals surface area contributed by atoms with Crippen LogP contribution < -0.4 is 0 Å². The molecule has 0 aromatic carbocycles. The van der Waals surface area contributed by atoms with E-state index >= 15 is 0 Å². The normalized spacial score (nSPS) is 29.9. The second-order valence-corrected chi connectivity index (χ2v) is 16.5. The van der Waals surface area contributed by atoms with E-state index in [0.29, 0.717) is 0 Å². The number of hydrogen-bond donors (Lipinski definition) is 0. The van der Waals surface area contributed by atoms with Crippen molar-refractivity contribution in [2.45, 2.75) is 57.5 Å². The molecule has 0 bridgehead atoms. The van der Waals surface area contributed by atoms with Gasteiger partial charge in [0.15, 0.2) is 5.92 Å². The molecule has 0 N–H and O–H groups in total. The van der Waals surface area contributed by atoms with Crippen molar-refractivity contribution in [1.29, 1.82) is 0 Å². The topological polar surface area (TPSA) is 0 Å². The fourth-order valence-corrected chi connectivity index (χ4v) is 15.2. The van der Waals surface area contributed by atoms with Crippen LogP contribution in [-0.2, 0) is 0 Å². The highest BCUT2D eigenvalue weighted by molar-refractivity contribution is 7.06. The Morgan fingerprint density at radius 2 is 1.50 bits per heavy atom. The van der Waals surface area contributed by atoms with Gasteiger partial charge in [0.2, 0.25) is 6.08 Å². The number of allylic oxidation sites excluding steroid dienone is 1. The van der Waals surface area contributed by atoms with Gasteiger partial charge in [0, 0.05) is 12.8 Å². The summed E-state index contributed by atoms with van der Waals surface area (Å²) < 4.78 is 0. The third kappa shape index (κ3) is 2.02. The molecule has 2 rings (SSSR count). The Balaban J connectivity index is 2.28. The van der Waals surface area contributed by atoms with E-state index < -0.39 is 16.1 Å². The van der Waals surface area contributed by atoms with E-state index in [1.54, 1.807) is 0 Å². The molecule has 0 radical (unpaired) electrons. The Labute approximate surface area is 90.8 Å². The Hall–Kier alpha value is 0.0838. The van der Waals surface area contributed by atoms with Crippen molar-refractivity contribution in [3.8, 4) is 0 Å². The minimum Gasteiger partial charge on any atom is -0.0619 e. The summed E-state index contributed by atoms with van der Waals surface area (Å²) in [6, 6.07) is 3.05. The maximum absolute atomic E-state index is 3.91. The van der Waals surface area contributed by atoms with Crippen LogP contribution in [0.3, 0.4) is 0 Å². The lowest BCUT2D eigenvalue weighted by Gasteiger charge is -2.34. The summed E-state index contributed by atoms with van der Waals surface area (Å²) in [6.07, 6.45) is 8.28. The van der Waals surface area contributed by atoms with Gasteiger partial charge in [-0.3, -0.25) is 0 Å². The Bertz CT molecular complexity index is 241. The smallest absolute Gasteiger partial charge is 0.0619 e.